The maximum absolute atomic E-state index is 11.7. The van der Waals surface area contributed by atoms with Crippen LogP contribution in [0, 0.1) is 0 Å². The lowest BCUT2D eigenvalue weighted by Crippen LogP contribution is -2.29. The fourth-order valence-corrected chi connectivity index (χ4v) is 1.68. The van der Waals surface area contributed by atoms with Crippen molar-refractivity contribution in [2.75, 3.05) is 31.6 Å². The smallest absolute Gasteiger partial charge is 0.251 e. The van der Waals surface area contributed by atoms with Crippen molar-refractivity contribution in [3.63, 3.8) is 0 Å². The number of nitrogens with zero attached hydrogens (tertiary/aromatic N) is 1. The molecule has 100 valence electrons. The number of hydrogen-bond acceptors (Lipinski definition) is 3. The molecule has 1 aromatic carbocycles. The van der Waals surface area contributed by atoms with Crippen molar-refractivity contribution in [2.45, 2.75) is 19.8 Å². The van der Waals surface area contributed by atoms with Crippen LogP contribution in [0.15, 0.2) is 24.3 Å². The molecule has 0 aliphatic rings. The van der Waals surface area contributed by atoms with Gasteiger partial charge in [-0.15, -0.1) is 0 Å². The van der Waals surface area contributed by atoms with Gasteiger partial charge in [0, 0.05) is 37.9 Å². The van der Waals surface area contributed by atoms with Gasteiger partial charge in [-0.1, -0.05) is 13.3 Å². The summed E-state index contributed by atoms with van der Waals surface area (Å²) in [4.78, 5) is 13.9. The average Bonchev–Trinajstić information content (AvgIpc) is 2.42. The van der Waals surface area contributed by atoms with Gasteiger partial charge in [0.05, 0.1) is 0 Å². The molecule has 18 heavy (non-hydrogen) atoms. The summed E-state index contributed by atoms with van der Waals surface area (Å²) in [6.07, 6.45) is 2.36. The normalized spacial score (nSPS) is 10.2. The second kappa shape index (κ2) is 7.71. The van der Waals surface area contributed by atoms with E-state index in [0.29, 0.717) is 18.7 Å². The fourth-order valence-electron chi connectivity index (χ4n) is 1.68. The Morgan fingerprint density at radius 3 is 2.56 bits per heavy atom. The Morgan fingerprint density at radius 1 is 1.33 bits per heavy atom. The Balaban J connectivity index is 2.59. The summed E-state index contributed by atoms with van der Waals surface area (Å²) in [5, 5.41) is 2.75. The molecule has 0 unspecified atom stereocenters. The Morgan fingerprint density at radius 2 is 2.00 bits per heavy atom. The summed E-state index contributed by atoms with van der Waals surface area (Å²) < 4.78 is 0. The number of nitrogens with two attached hydrogens (primary N) is 1. The highest BCUT2D eigenvalue weighted by Gasteiger charge is 2.05. The summed E-state index contributed by atoms with van der Waals surface area (Å²) >= 11 is 0. The number of benzene rings is 1. The molecule has 0 radical (unpaired) electrons. The van der Waals surface area contributed by atoms with Crippen molar-refractivity contribution in [3.8, 4) is 0 Å². The highest BCUT2D eigenvalue weighted by Crippen LogP contribution is 2.14. The lowest BCUT2D eigenvalue weighted by atomic mass is 10.2. The van der Waals surface area contributed by atoms with Gasteiger partial charge in [0.15, 0.2) is 0 Å². The van der Waals surface area contributed by atoms with Crippen LogP contribution in [0.25, 0.3) is 0 Å². The zero-order valence-electron chi connectivity index (χ0n) is 11.3. The standard InChI is InChI=1S/C14H23N3O/c1-3-4-11-17(2)13-7-5-12(6-8-13)14(18)16-10-9-15/h5-8H,3-4,9-11,15H2,1-2H3,(H,16,18). The van der Waals surface area contributed by atoms with Crippen LogP contribution in [0.5, 0.6) is 0 Å². The quantitative estimate of drug-likeness (QED) is 0.772. The predicted octanol–water partition coefficient (Wildman–Crippen LogP) is 1.61. The lowest BCUT2D eigenvalue weighted by Gasteiger charge is -2.19. The van der Waals surface area contributed by atoms with E-state index in [1.54, 1.807) is 0 Å². The van der Waals surface area contributed by atoms with Crippen molar-refractivity contribution in [1.82, 2.24) is 5.32 Å². The first-order chi connectivity index (χ1) is 8.69. The Bertz CT molecular complexity index is 362. The molecule has 0 bridgehead atoms. The molecule has 1 amide bonds. The van der Waals surface area contributed by atoms with Gasteiger partial charge < -0.3 is 16.0 Å². The van der Waals surface area contributed by atoms with Crippen LogP contribution >= 0.6 is 0 Å². The average molecular weight is 249 g/mol. The van der Waals surface area contributed by atoms with Crippen LogP contribution in [0.2, 0.25) is 0 Å². The first-order valence-electron chi connectivity index (χ1n) is 6.48. The van der Waals surface area contributed by atoms with E-state index in [1.165, 1.54) is 12.8 Å². The largest absolute Gasteiger partial charge is 0.375 e. The molecule has 1 rings (SSSR count). The molecule has 4 heteroatoms. The number of anilines is 1. The minimum atomic E-state index is -0.0665. The van der Waals surface area contributed by atoms with Crippen LogP contribution in [-0.4, -0.2) is 32.6 Å². The number of rotatable bonds is 7. The van der Waals surface area contributed by atoms with E-state index in [4.69, 9.17) is 5.73 Å². The molecule has 4 nitrogen and oxygen atoms in total. The molecule has 3 N–H and O–H groups in total. The highest BCUT2D eigenvalue weighted by atomic mass is 16.1. The fraction of sp³-hybridized carbons (Fsp3) is 0.500. The van der Waals surface area contributed by atoms with Gasteiger partial charge in [0.25, 0.3) is 5.91 Å². The minimum absolute atomic E-state index is 0.0665. The first-order valence-corrected chi connectivity index (χ1v) is 6.48. The van der Waals surface area contributed by atoms with Gasteiger partial charge in [-0.25, -0.2) is 0 Å². The number of hydrogen-bond donors (Lipinski definition) is 2. The van der Waals surface area contributed by atoms with Crippen molar-refractivity contribution in [2.24, 2.45) is 5.73 Å². The summed E-state index contributed by atoms with van der Waals surface area (Å²) in [6.45, 7) is 4.19. The summed E-state index contributed by atoms with van der Waals surface area (Å²) in [5.41, 5.74) is 7.16. The molecular formula is C14H23N3O. The topological polar surface area (TPSA) is 58.4 Å². The maximum atomic E-state index is 11.7. The molecule has 0 aromatic heterocycles. The molecular weight excluding hydrogens is 226 g/mol. The monoisotopic (exact) mass is 249 g/mol. The number of unbranched alkanes of at least 4 members (excludes halogenated alkanes) is 1. The second-order valence-corrected chi connectivity index (χ2v) is 4.37. The zero-order valence-corrected chi connectivity index (χ0v) is 11.3. The Kier molecular flexibility index (Phi) is 6.22. The molecule has 0 aliphatic carbocycles. The van der Waals surface area contributed by atoms with Gasteiger partial charge >= 0.3 is 0 Å². The van der Waals surface area contributed by atoms with Crippen LogP contribution in [0.1, 0.15) is 30.1 Å². The molecule has 0 saturated carbocycles. The van der Waals surface area contributed by atoms with Crippen LogP contribution in [-0.2, 0) is 0 Å². The molecule has 0 atom stereocenters. The van der Waals surface area contributed by atoms with Gasteiger partial charge in [0.2, 0.25) is 0 Å². The third kappa shape index (κ3) is 4.37. The minimum Gasteiger partial charge on any atom is -0.375 e. The number of nitrogens with one attached hydrogen (secondary N) is 1. The molecule has 0 heterocycles. The number of carbonyl (C=O) groups is 1. The van der Waals surface area contributed by atoms with E-state index >= 15 is 0 Å². The number of amides is 1. The van der Waals surface area contributed by atoms with Crippen molar-refractivity contribution in [3.05, 3.63) is 29.8 Å². The predicted molar refractivity (Wildman–Crippen MR) is 76.0 cm³/mol. The van der Waals surface area contributed by atoms with E-state index in [0.717, 1.165) is 12.2 Å². The maximum Gasteiger partial charge on any atom is 0.251 e. The number of carbonyl (C=O) groups excluding carboxylic acids is 1. The van der Waals surface area contributed by atoms with Gasteiger partial charge in [0.1, 0.15) is 0 Å². The molecule has 0 saturated heterocycles. The van der Waals surface area contributed by atoms with E-state index < -0.39 is 0 Å². The van der Waals surface area contributed by atoms with E-state index in [2.05, 4.69) is 24.2 Å². The van der Waals surface area contributed by atoms with Gasteiger partial charge in [-0.05, 0) is 30.7 Å². The van der Waals surface area contributed by atoms with Crippen LogP contribution < -0.4 is 16.0 Å². The third-order valence-corrected chi connectivity index (χ3v) is 2.85. The van der Waals surface area contributed by atoms with Crippen molar-refractivity contribution < 1.29 is 4.79 Å². The van der Waals surface area contributed by atoms with Crippen molar-refractivity contribution in [1.29, 1.82) is 0 Å². The van der Waals surface area contributed by atoms with E-state index in [9.17, 15) is 4.79 Å². The Labute approximate surface area is 109 Å². The molecule has 0 aliphatic heterocycles. The summed E-state index contributed by atoms with van der Waals surface area (Å²) in [5.74, 6) is -0.0665. The molecule has 0 spiro atoms. The second-order valence-electron chi connectivity index (χ2n) is 4.37. The van der Waals surface area contributed by atoms with Crippen LogP contribution in [0.4, 0.5) is 5.69 Å². The third-order valence-electron chi connectivity index (χ3n) is 2.85. The summed E-state index contributed by atoms with van der Waals surface area (Å²) in [6, 6.07) is 7.66. The Hall–Kier alpha value is -1.55. The summed E-state index contributed by atoms with van der Waals surface area (Å²) in [7, 11) is 2.07. The van der Waals surface area contributed by atoms with E-state index in [1.807, 2.05) is 24.3 Å². The highest BCUT2D eigenvalue weighted by molar-refractivity contribution is 5.94. The molecule has 1 aromatic rings. The van der Waals surface area contributed by atoms with Crippen LogP contribution in [0.3, 0.4) is 0 Å². The molecule has 0 fully saturated rings. The van der Waals surface area contributed by atoms with E-state index in [-0.39, 0.29) is 5.91 Å². The zero-order chi connectivity index (χ0) is 13.4. The van der Waals surface area contributed by atoms with Gasteiger partial charge in [-0.2, -0.15) is 0 Å². The SMILES string of the molecule is CCCCN(C)c1ccc(C(=O)NCCN)cc1. The lowest BCUT2D eigenvalue weighted by molar-refractivity contribution is 0.0955. The van der Waals surface area contributed by atoms with Crippen molar-refractivity contribution >= 4 is 11.6 Å². The first kappa shape index (κ1) is 14.5. The van der Waals surface area contributed by atoms with Gasteiger partial charge in [-0.3, -0.25) is 4.79 Å².